The maximum Gasteiger partial charge on any atom is 0.469 e. The first-order valence-electron chi connectivity index (χ1n) is 11.8. The topological polar surface area (TPSA) is 93.1 Å². The molecular weight excluding hydrogens is 391 g/mol. The minimum atomic E-state index is -4.30. The van der Waals surface area contributed by atoms with Crippen LogP contribution in [0.1, 0.15) is 122 Å². The van der Waals surface area contributed by atoms with Crippen LogP contribution in [0.5, 0.6) is 0 Å². The van der Waals surface area contributed by atoms with Crippen molar-refractivity contribution in [2.45, 2.75) is 122 Å². The van der Waals surface area contributed by atoms with Crippen molar-refractivity contribution in [2.24, 2.45) is 0 Å². The summed E-state index contributed by atoms with van der Waals surface area (Å²) in [7, 11) is -4.30. The van der Waals surface area contributed by atoms with Crippen LogP contribution < -0.4 is 0 Å². The number of ether oxygens (including phenoxy) is 1. The lowest BCUT2D eigenvalue weighted by Crippen LogP contribution is -2.05. The van der Waals surface area contributed by atoms with E-state index in [4.69, 9.17) is 14.5 Å². The fourth-order valence-electron chi connectivity index (χ4n) is 3.29. The summed E-state index contributed by atoms with van der Waals surface area (Å²) in [6, 6.07) is 0. The number of carbonyl (C=O) groups is 1. The molecule has 174 valence electrons. The third-order valence-corrected chi connectivity index (χ3v) is 5.56. The Bertz CT molecular complexity index is 410. The molecule has 0 heterocycles. The van der Waals surface area contributed by atoms with Gasteiger partial charge in [-0.05, 0) is 19.3 Å². The number of carbonyl (C=O) groups excluding carboxylic acids is 1. The number of rotatable bonds is 22. The molecule has 0 atom stereocenters. The fourth-order valence-corrected chi connectivity index (χ4v) is 3.65. The Hall–Kier alpha value is -0.420. The van der Waals surface area contributed by atoms with Crippen LogP contribution in [0.15, 0.2) is 0 Å². The van der Waals surface area contributed by atoms with Gasteiger partial charge in [-0.15, -0.1) is 0 Å². The van der Waals surface area contributed by atoms with Crippen molar-refractivity contribution in [1.29, 1.82) is 0 Å². The first kappa shape index (κ1) is 28.6. The van der Waals surface area contributed by atoms with Gasteiger partial charge in [-0.2, -0.15) is 0 Å². The number of phosphoric ester groups is 1. The zero-order valence-electron chi connectivity index (χ0n) is 18.6. The van der Waals surface area contributed by atoms with Gasteiger partial charge >= 0.3 is 13.8 Å². The molecule has 29 heavy (non-hydrogen) atoms. The largest absolute Gasteiger partial charge is 0.469 e. The standard InChI is InChI=1S/C22H45O6P/c1-2-3-4-5-6-7-10-13-16-19-22(23)27-20-17-14-11-8-9-12-15-18-21-28-29(24,25)26/h2-21H2,1H3,(H2,24,25,26). The summed E-state index contributed by atoms with van der Waals surface area (Å²) in [5, 5.41) is 0. The van der Waals surface area contributed by atoms with Gasteiger partial charge in [-0.25, -0.2) is 4.57 Å². The minimum Gasteiger partial charge on any atom is -0.466 e. The van der Waals surface area contributed by atoms with Gasteiger partial charge in [0.2, 0.25) is 0 Å². The van der Waals surface area contributed by atoms with E-state index < -0.39 is 7.82 Å². The summed E-state index contributed by atoms with van der Waals surface area (Å²) in [5.41, 5.74) is 0. The summed E-state index contributed by atoms with van der Waals surface area (Å²) in [6.07, 6.45) is 19.9. The molecule has 0 amide bonds. The quantitative estimate of drug-likeness (QED) is 0.112. The van der Waals surface area contributed by atoms with E-state index in [-0.39, 0.29) is 12.6 Å². The van der Waals surface area contributed by atoms with Gasteiger partial charge in [-0.3, -0.25) is 9.32 Å². The third-order valence-electron chi connectivity index (χ3n) is 5.05. The molecule has 0 rings (SSSR count). The summed E-state index contributed by atoms with van der Waals surface area (Å²) in [4.78, 5) is 28.8. The zero-order valence-corrected chi connectivity index (χ0v) is 19.5. The second-order valence-corrected chi connectivity index (χ2v) is 9.19. The van der Waals surface area contributed by atoms with E-state index in [0.29, 0.717) is 19.4 Å². The lowest BCUT2D eigenvalue weighted by Gasteiger charge is -2.06. The number of unbranched alkanes of at least 4 members (excludes halogenated alkanes) is 15. The Labute approximate surface area is 178 Å². The maximum absolute atomic E-state index is 11.7. The minimum absolute atomic E-state index is 0.0505. The van der Waals surface area contributed by atoms with Crippen molar-refractivity contribution >= 4 is 13.8 Å². The van der Waals surface area contributed by atoms with Gasteiger partial charge in [-0.1, -0.05) is 96.8 Å². The molecule has 0 spiro atoms. The summed E-state index contributed by atoms with van der Waals surface area (Å²) < 4.78 is 20.2. The lowest BCUT2D eigenvalue weighted by molar-refractivity contribution is -0.143. The maximum atomic E-state index is 11.7. The van der Waals surface area contributed by atoms with Crippen LogP contribution in [0, 0.1) is 0 Å². The van der Waals surface area contributed by atoms with Crippen molar-refractivity contribution in [2.75, 3.05) is 13.2 Å². The fraction of sp³-hybridized carbons (Fsp3) is 0.955. The number of hydrogen-bond acceptors (Lipinski definition) is 4. The zero-order chi connectivity index (χ0) is 21.6. The Balaban J connectivity index is 3.19. The van der Waals surface area contributed by atoms with E-state index in [1.54, 1.807) is 0 Å². The monoisotopic (exact) mass is 436 g/mol. The second kappa shape index (κ2) is 20.8. The van der Waals surface area contributed by atoms with E-state index in [0.717, 1.165) is 57.8 Å². The highest BCUT2D eigenvalue weighted by Gasteiger charge is 2.12. The first-order valence-corrected chi connectivity index (χ1v) is 13.3. The third kappa shape index (κ3) is 25.5. The molecule has 0 aliphatic rings. The Morgan fingerprint density at radius 2 is 1.07 bits per heavy atom. The predicted molar refractivity (Wildman–Crippen MR) is 118 cm³/mol. The molecule has 0 saturated carbocycles. The lowest BCUT2D eigenvalue weighted by atomic mass is 10.1. The molecular formula is C22H45O6P. The highest BCUT2D eigenvalue weighted by molar-refractivity contribution is 7.46. The molecule has 2 N–H and O–H groups in total. The van der Waals surface area contributed by atoms with Crippen LogP contribution in [-0.4, -0.2) is 29.0 Å². The highest BCUT2D eigenvalue weighted by Crippen LogP contribution is 2.35. The van der Waals surface area contributed by atoms with Crippen molar-refractivity contribution < 1.29 is 28.4 Å². The van der Waals surface area contributed by atoms with Gasteiger partial charge in [0, 0.05) is 6.42 Å². The molecule has 0 unspecified atom stereocenters. The number of phosphoric acid groups is 1. The van der Waals surface area contributed by atoms with Crippen molar-refractivity contribution in [3.8, 4) is 0 Å². The first-order chi connectivity index (χ1) is 14.0. The average Bonchev–Trinajstić information content (AvgIpc) is 2.66. The Morgan fingerprint density at radius 1 is 0.655 bits per heavy atom. The molecule has 0 fully saturated rings. The predicted octanol–water partition coefficient (Wildman–Crippen LogP) is 6.68. The van der Waals surface area contributed by atoms with Gasteiger partial charge in [0.1, 0.15) is 0 Å². The van der Waals surface area contributed by atoms with Crippen molar-refractivity contribution in [3.63, 3.8) is 0 Å². The van der Waals surface area contributed by atoms with Crippen LogP contribution in [0.2, 0.25) is 0 Å². The van der Waals surface area contributed by atoms with Gasteiger partial charge in [0.15, 0.2) is 0 Å². The molecule has 6 nitrogen and oxygen atoms in total. The van der Waals surface area contributed by atoms with Crippen LogP contribution in [-0.2, 0) is 18.6 Å². The smallest absolute Gasteiger partial charge is 0.466 e. The molecule has 0 aromatic rings. The van der Waals surface area contributed by atoms with Crippen molar-refractivity contribution in [1.82, 2.24) is 0 Å². The number of hydrogen-bond donors (Lipinski definition) is 2. The van der Waals surface area contributed by atoms with Crippen molar-refractivity contribution in [3.05, 3.63) is 0 Å². The molecule has 0 aromatic carbocycles. The van der Waals surface area contributed by atoms with Gasteiger partial charge < -0.3 is 14.5 Å². The van der Waals surface area contributed by atoms with E-state index in [1.165, 1.54) is 44.9 Å². The molecule has 0 bridgehead atoms. The molecule has 0 radical (unpaired) electrons. The molecule has 0 aliphatic heterocycles. The Kier molecular flexibility index (Phi) is 20.5. The van der Waals surface area contributed by atoms with Crippen LogP contribution >= 0.6 is 7.82 Å². The molecule has 0 saturated heterocycles. The van der Waals surface area contributed by atoms with Crippen LogP contribution in [0.25, 0.3) is 0 Å². The highest BCUT2D eigenvalue weighted by atomic mass is 31.2. The molecule has 0 aliphatic carbocycles. The van der Waals surface area contributed by atoms with Gasteiger partial charge in [0.25, 0.3) is 0 Å². The Morgan fingerprint density at radius 3 is 1.55 bits per heavy atom. The van der Waals surface area contributed by atoms with E-state index >= 15 is 0 Å². The van der Waals surface area contributed by atoms with E-state index in [1.807, 2.05) is 0 Å². The summed E-state index contributed by atoms with van der Waals surface area (Å²) in [6.45, 7) is 2.90. The van der Waals surface area contributed by atoms with E-state index in [2.05, 4.69) is 11.4 Å². The van der Waals surface area contributed by atoms with E-state index in [9.17, 15) is 9.36 Å². The molecule has 0 aromatic heterocycles. The summed E-state index contributed by atoms with van der Waals surface area (Å²) >= 11 is 0. The average molecular weight is 437 g/mol. The van der Waals surface area contributed by atoms with Crippen LogP contribution in [0.4, 0.5) is 0 Å². The van der Waals surface area contributed by atoms with Gasteiger partial charge in [0.05, 0.1) is 13.2 Å². The molecule has 7 heteroatoms. The SMILES string of the molecule is CCCCCCCCCCCC(=O)OCCCCCCCCCCOP(=O)(O)O. The number of esters is 1. The summed E-state index contributed by atoms with van der Waals surface area (Å²) in [5.74, 6) is -0.0505. The van der Waals surface area contributed by atoms with Crippen LogP contribution in [0.3, 0.4) is 0 Å². The second-order valence-electron chi connectivity index (χ2n) is 7.95. The normalized spacial score (nSPS) is 11.7.